The van der Waals surface area contributed by atoms with Gasteiger partial charge in [0.1, 0.15) is 12.2 Å². The average Bonchev–Trinajstić information content (AvgIpc) is 2.48. The first-order valence-corrected chi connectivity index (χ1v) is 4.71. The first-order valence-electron chi connectivity index (χ1n) is 4.71. The molecule has 0 saturated heterocycles. The molecular formula is C9H16N4. The molecule has 0 saturated carbocycles. The number of nitrogens with one attached hydrogen (secondary N) is 1. The summed E-state index contributed by atoms with van der Waals surface area (Å²) >= 11 is 0. The van der Waals surface area contributed by atoms with Crippen LogP contribution in [0.3, 0.4) is 0 Å². The third kappa shape index (κ3) is 1.46. The second kappa shape index (κ2) is 2.80. The van der Waals surface area contributed by atoms with Gasteiger partial charge in [0.25, 0.3) is 0 Å². The summed E-state index contributed by atoms with van der Waals surface area (Å²) in [6, 6.07) is 0. The maximum absolute atomic E-state index is 4.09. The van der Waals surface area contributed by atoms with E-state index in [-0.39, 0.29) is 5.41 Å². The van der Waals surface area contributed by atoms with Gasteiger partial charge in [0.05, 0.1) is 6.17 Å². The van der Waals surface area contributed by atoms with Crippen LogP contribution in [0.5, 0.6) is 0 Å². The van der Waals surface area contributed by atoms with Crippen molar-refractivity contribution in [2.75, 3.05) is 6.54 Å². The SMILES string of the molecule is CC(C)(C)C1NCCc2nncn21. The first kappa shape index (κ1) is 8.69. The molecule has 4 heteroatoms. The second-order valence-electron chi connectivity index (χ2n) is 4.63. The minimum atomic E-state index is 0.206. The van der Waals surface area contributed by atoms with Crippen molar-refractivity contribution >= 4 is 0 Å². The standard InChI is InChI=1S/C9H16N4/c1-9(2,3)8-10-5-4-7-12-11-6-13(7)8/h6,8,10H,4-5H2,1-3H3. The Bertz CT molecular complexity index is 297. The number of rotatable bonds is 0. The Hall–Kier alpha value is -0.900. The molecule has 72 valence electrons. The Balaban J connectivity index is 2.35. The van der Waals surface area contributed by atoms with Gasteiger partial charge < -0.3 is 4.57 Å². The Morgan fingerprint density at radius 3 is 3.00 bits per heavy atom. The van der Waals surface area contributed by atoms with Gasteiger partial charge in [-0.15, -0.1) is 10.2 Å². The van der Waals surface area contributed by atoms with Crippen LogP contribution in [0, 0.1) is 5.41 Å². The highest BCUT2D eigenvalue weighted by Crippen LogP contribution is 2.30. The van der Waals surface area contributed by atoms with E-state index in [1.54, 1.807) is 0 Å². The summed E-state index contributed by atoms with van der Waals surface area (Å²) < 4.78 is 2.14. The molecule has 13 heavy (non-hydrogen) atoms. The third-order valence-corrected chi connectivity index (χ3v) is 2.43. The van der Waals surface area contributed by atoms with Gasteiger partial charge in [-0.3, -0.25) is 5.32 Å². The highest BCUT2D eigenvalue weighted by Gasteiger charge is 2.30. The first-order chi connectivity index (χ1) is 6.09. The van der Waals surface area contributed by atoms with Gasteiger partial charge >= 0.3 is 0 Å². The van der Waals surface area contributed by atoms with Crippen LogP contribution in [0.2, 0.25) is 0 Å². The Morgan fingerprint density at radius 1 is 1.54 bits per heavy atom. The van der Waals surface area contributed by atoms with E-state index in [1.807, 2.05) is 6.33 Å². The van der Waals surface area contributed by atoms with Crippen molar-refractivity contribution in [1.82, 2.24) is 20.1 Å². The normalized spacial score (nSPS) is 22.8. The zero-order chi connectivity index (χ0) is 9.47. The molecule has 1 aliphatic rings. The van der Waals surface area contributed by atoms with Gasteiger partial charge in [-0.05, 0) is 5.41 Å². The van der Waals surface area contributed by atoms with Crippen molar-refractivity contribution in [1.29, 1.82) is 0 Å². The molecular weight excluding hydrogens is 164 g/mol. The molecule has 1 unspecified atom stereocenters. The molecule has 0 spiro atoms. The van der Waals surface area contributed by atoms with Gasteiger partial charge in [-0.2, -0.15) is 0 Å². The predicted octanol–water partition coefficient (Wildman–Crippen LogP) is 0.968. The number of aromatic nitrogens is 3. The number of hydrogen-bond acceptors (Lipinski definition) is 3. The molecule has 0 bridgehead atoms. The van der Waals surface area contributed by atoms with Crippen LogP contribution in [0.15, 0.2) is 6.33 Å². The van der Waals surface area contributed by atoms with E-state index in [1.165, 1.54) is 0 Å². The number of fused-ring (bicyclic) bond motifs is 1. The Kier molecular flexibility index (Phi) is 1.87. The molecule has 4 nitrogen and oxygen atoms in total. The smallest absolute Gasteiger partial charge is 0.135 e. The molecule has 0 fully saturated rings. The topological polar surface area (TPSA) is 42.7 Å². The lowest BCUT2D eigenvalue weighted by Crippen LogP contribution is -2.42. The summed E-state index contributed by atoms with van der Waals surface area (Å²) in [5.41, 5.74) is 0.206. The minimum Gasteiger partial charge on any atom is -0.301 e. The van der Waals surface area contributed by atoms with E-state index in [4.69, 9.17) is 0 Å². The van der Waals surface area contributed by atoms with Gasteiger partial charge in [0.15, 0.2) is 0 Å². The number of nitrogens with zero attached hydrogens (tertiary/aromatic N) is 3. The second-order valence-corrected chi connectivity index (χ2v) is 4.63. The summed E-state index contributed by atoms with van der Waals surface area (Å²) in [6.07, 6.45) is 3.12. The monoisotopic (exact) mass is 180 g/mol. The lowest BCUT2D eigenvalue weighted by molar-refractivity contribution is 0.179. The van der Waals surface area contributed by atoms with E-state index in [0.29, 0.717) is 6.17 Å². The van der Waals surface area contributed by atoms with Crippen LogP contribution in [0.1, 0.15) is 32.8 Å². The Labute approximate surface area is 78.4 Å². The molecule has 2 heterocycles. The molecule has 0 aliphatic carbocycles. The lowest BCUT2D eigenvalue weighted by atomic mass is 9.91. The zero-order valence-corrected chi connectivity index (χ0v) is 8.41. The minimum absolute atomic E-state index is 0.206. The van der Waals surface area contributed by atoms with E-state index in [2.05, 4.69) is 40.9 Å². The van der Waals surface area contributed by atoms with Gasteiger partial charge in [0.2, 0.25) is 0 Å². The molecule has 1 aromatic rings. The lowest BCUT2D eigenvalue weighted by Gasteiger charge is -2.35. The quantitative estimate of drug-likeness (QED) is 0.647. The van der Waals surface area contributed by atoms with Crippen LogP contribution >= 0.6 is 0 Å². The summed E-state index contributed by atoms with van der Waals surface area (Å²) in [5, 5.41) is 11.5. The van der Waals surface area contributed by atoms with Crippen molar-refractivity contribution < 1.29 is 0 Å². The summed E-state index contributed by atoms with van der Waals surface area (Å²) in [6.45, 7) is 7.67. The predicted molar refractivity (Wildman–Crippen MR) is 50.2 cm³/mol. The molecule has 0 amide bonds. The van der Waals surface area contributed by atoms with E-state index < -0.39 is 0 Å². The highest BCUT2D eigenvalue weighted by atomic mass is 15.3. The van der Waals surface area contributed by atoms with Crippen LogP contribution in [0.4, 0.5) is 0 Å². The fourth-order valence-electron chi connectivity index (χ4n) is 1.80. The van der Waals surface area contributed by atoms with Crippen molar-refractivity contribution in [2.24, 2.45) is 5.41 Å². The molecule has 0 radical (unpaired) electrons. The molecule has 1 N–H and O–H groups in total. The van der Waals surface area contributed by atoms with Crippen molar-refractivity contribution in [3.05, 3.63) is 12.2 Å². The number of hydrogen-bond donors (Lipinski definition) is 1. The van der Waals surface area contributed by atoms with E-state index in [9.17, 15) is 0 Å². The summed E-state index contributed by atoms with van der Waals surface area (Å²) in [7, 11) is 0. The molecule has 1 atom stereocenters. The van der Waals surface area contributed by atoms with Crippen molar-refractivity contribution in [3.63, 3.8) is 0 Å². The van der Waals surface area contributed by atoms with Crippen LogP contribution in [0.25, 0.3) is 0 Å². The maximum Gasteiger partial charge on any atom is 0.135 e. The van der Waals surface area contributed by atoms with E-state index >= 15 is 0 Å². The zero-order valence-electron chi connectivity index (χ0n) is 8.41. The highest BCUT2D eigenvalue weighted by molar-refractivity contribution is 4.96. The van der Waals surface area contributed by atoms with Crippen LogP contribution in [-0.2, 0) is 6.42 Å². The Morgan fingerprint density at radius 2 is 2.31 bits per heavy atom. The van der Waals surface area contributed by atoms with Crippen molar-refractivity contribution in [2.45, 2.75) is 33.4 Å². The molecule has 1 aromatic heterocycles. The van der Waals surface area contributed by atoms with Crippen molar-refractivity contribution in [3.8, 4) is 0 Å². The maximum atomic E-state index is 4.09. The molecule has 0 aromatic carbocycles. The molecule has 1 aliphatic heterocycles. The van der Waals surface area contributed by atoms with Crippen LogP contribution in [-0.4, -0.2) is 21.3 Å². The fraction of sp³-hybridized carbons (Fsp3) is 0.778. The third-order valence-electron chi connectivity index (χ3n) is 2.43. The largest absolute Gasteiger partial charge is 0.301 e. The molecule has 2 rings (SSSR count). The van der Waals surface area contributed by atoms with Gasteiger partial charge in [-0.25, -0.2) is 0 Å². The summed E-state index contributed by atoms with van der Waals surface area (Å²) in [4.78, 5) is 0. The average molecular weight is 180 g/mol. The van der Waals surface area contributed by atoms with Gasteiger partial charge in [-0.1, -0.05) is 20.8 Å². The fourth-order valence-corrected chi connectivity index (χ4v) is 1.80. The van der Waals surface area contributed by atoms with Crippen LogP contribution < -0.4 is 5.32 Å². The van der Waals surface area contributed by atoms with Gasteiger partial charge in [0, 0.05) is 13.0 Å². The summed E-state index contributed by atoms with van der Waals surface area (Å²) in [5.74, 6) is 1.10. The van der Waals surface area contributed by atoms with E-state index in [0.717, 1.165) is 18.8 Å².